The Morgan fingerprint density at radius 3 is 1.33 bits per heavy atom. The Hall–Kier alpha value is -1.39. The second-order valence-corrected chi connectivity index (χ2v) is 6.55. The first-order chi connectivity index (χ1) is 7.78. The molecule has 0 bridgehead atoms. The third-order valence-electron chi connectivity index (χ3n) is 3.30. The van der Waals surface area contributed by atoms with Gasteiger partial charge in [-0.25, -0.2) is 0 Å². The number of hydrogen-bond acceptors (Lipinski definition) is 3. The molecule has 5 nitrogen and oxygen atoms in total. The van der Waals surface area contributed by atoms with E-state index in [0.717, 1.165) is 0 Å². The molecule has 0 saturated heterocycles. The topological polar surface area (TPSA) is 91.7 Å². The smallest absolute Gasteiger partial charge is 0.318 e. The van der Waals surface area contributed by atoms with Gasteiger partial charge in [-0.15, -0.1) is 0 Å². The van der Waals surface area contributed by atoms with Crippen molar-refractivity contribution in [2.24, 2.45) is 16.2 Å². The second-order valence-electron chi connectivity index (χ2n) is 6.55. The third kappa shape index (κ3) is 2.54. The van der Waals surface area contributed by atoms with Gasteiger partial charge in [0.1, 0.15) is 11.8 Å². The van der Waals surface area contributed by atoms with Crippen molar-refractivity contribution in [3.8, 4) is 0 Å². The molecule has 104 valence electrons. The van der Waals surface area contributed by atoms with Gasteiger partial charge in [0, 0.05) is 0 Å². The molecule has 0 aromatic heterocycles. The van der Waals surface area contributed by atoms with E-state index in [4.69, 9.17) is 5.11 Å². The molecular weight excluding hydrogens is 236 g/mol. The molecule has 0 aliphatic heterocycles. The molecule has 0 aromatic rings. The lowest BCUT2D eigenvalue weighted by molar-refractivity contribution is -0.175. The van der Waals surface area contributed by atoms with E-state index in [9.17, 15) is 19.5 Å². The van der Waals surface area contributed by atoms with Crippen molar-refractivity contribution in [2.75, 3.05) is 0 Å². The molecule has 0 saturated carbocycles. The van der Waals surface area contributed by atoms with E-state index in [0.29, 0.717) is 0 Å². The number of ketones is 1. The van der Waals surface area contributed by atoms with E-state index in [1.165, 1.54) is 0 Å². The lowest BCUT2D eigenvalue weighted by atomic mass is 9.51. The van der Waals surface area contributed by atoms with E-state index >= 15 is 0 Å². The van der Waals surface area contributed by atoms with Gasteiger partial charge in [0.05, 0.1) is 0 Å². The lowest BCUT2D eigenvalue weighted by Gasteiger charge is -2.48. The summed E-state index contributed by atoms with van der Waals surface area (Å²) in [6.45, 7) is 9.87. The highest BCUT2D eigenvalue weighted by atomic mass is 16.4. The number of rotatable bonds is 4. The van der Waals surface area contributed by atoms with Crippen LogP contribution in [0.3, 0.4) is 0 Å². The summed E-state index contributed by atoms with van der Waals surface area (Å²) < 4.78 is 0. The van der Waals surface area contributed by atoms with E-state index < -0.39 is 40.4 Å². The van der Waals surface area contributed by atoms with E-state index in [-0.39, 0.29) is 0 Å². The largest absolute Gasteiger partial charge is 0.481 e. The van der Waals surface area contributed by atoms with Crippen molar-refractivity contribution in [2.45, 2.75) is 48.0 Å². The summed E-state index contributed by atoms with van der Waals surface area (Å²) in [4.78, 5) is 34.7. The van der Waals surface area contributed by atoms with Gasteiger partial charge in [0.25, 0.3) is 0 Å². The molecule has 0 heterocycles. The average molecular weight is 258 g/mol. The minimum atomic E-state index is -1.74. The van der Waals surface area contributed by atoms with Crippen LogP contribution >= 0.6 is 0 Å². The highest BCUT2D eigenvalue weighted by Gasteiger charge is 2.61. The normalized spacial score (nSPS) is 13.2. The van der Waals surface area contributed by atoms with Crippen LogP contribution in [0.1, 0.15) is 48.0 Å². The summed E-state index contributed by atoms with van der Waals surface area (Å²) in [5, 5.41) is 18.3. The van der Waals surface area contributed by atoms with Crippen molar-refractivity contribution < 1.29 is 24.6 Å². The van der Waals surface area contributed by atoms with Crippen LogP contribution < -0.4 is 0 Å². The Kier molecular flexibility index (Phi) is 4.34. The lowest BCUT2D eigenvalue weighted by Crippen LogP contribution is -2.58. The Morgan fingerprint density at radius 2 is 1.17 bits per heavy atom. The minimum Gasteiger partial charge on any atom is -0.481 e. The fourth-order valence-corrected chi connectivity index (χ4v) is 2.99. The summed E-state index contributed by atoms with van der Waals surface area (Å²) in [7, 11) is 0. The van der Waals surface area contributed by atoms with Crippen LogP contribution in [0, 0.1) is 16.2 Å². The fraction of sp³-hybridized carbons (Fsp3) is 0.769. The van der Waals surface area contributed by atoms with Gasteiger partial charge >= 0.3 is 11.9 Å². The Bertz CT molecular complexity index is 354. The molecule has 0 amide bonds. The van der Waals surface area contributed by atoms with Gasteiger partial charge in [0.15, 0.2) is 5.78 Å². The molecule has 0 fully saturated rings. The Balaban J connectivity index is 6.06. The molecule has 5 heteroatoms. The summed E-state index contributed by atoms with van der Waals surface area (Å²) >= 11 is 0. The van der Waals surface area contributed by atoms with E-state index in [1.807, 2.05) is 0 Å². The summed E-state index contributed by atoms with van der Waals surface area (Å²) in [5.41, 5.74) is -3.51. The van der Waals surface area contributed by atoms with Gasteiger partial charge in [-0.3, -0.25) is 14.4 Å². The van der Waals surface area contributed by atoms with E-state index in [1.54, 1.807) is 41.5 Å². The molecule has 0 aliphatic rings. The monoisotopic (exact) mass is 258 g/mol. The number of carboxylic acid groups (broad SMARTS) is 2. The van der Waals surface area contributed by atoms with Gasteiger partial charge in [-0.2, -0.15) is 0 Å². The minimum absolute atomic E-state index is 0.762. The zero-order chi connectivity index (χ0) is 14.9. The zero-order valence-electron chi connectivity index (χ0n) is 11.8. The fourth-order valence-electron chi connectivity index (χ4n) is 2.99. The summed E-state index contributed by atoms with van der Waals surface area (Å²) in [5.74, 6) is -3.34. The average Bonchev–Trinajstić information content (AvgIpc) is 1.94. The second kappa shape index (κ2) is 4.71. The van der Waals surface area contributed by atoms with E-state index in [2.05, 4.69) is 0 Å². The van der Waals surface area contributed by atoms with Crippen molar-refractivity contribution in [3.63, 3.8) is 0 Å². The van der Waals surface area contributed by atoms with Gasteiger partial charge in [-0.05, 0) is 10.8 Å². The molecule has 0 aromatic carbocycles. The summed E-state index contributed by atoms with van der Waals surface area (Å²) in [6, 6.07) is 0. The quantitative estimate of drug-likeness (QED) is 0.754. The highest BCUT2D eigenvalue weighted by molar-refractivity contribution is 6.10. The standard InChI is InChI=1S/C13H22O5/c1-11(2,3)13(10(17)18,12(4,5)6)8(14)7-9(15)16/h7H2,1-6H3,(H,15,16)(H,17,18). The SMILES string of the molecule is CC(C)(C)C(C(=O)O)(C(=O)CC(=O)O)C(C)(C)C. The highest BCUT2D eigenvalue weighted by Crippen LogP contribution is 2.53. The third-order valence-corrected chi connectivity index (χ3v) is 3.30. The number of carbonyl (C=O) groups is 3. The van der Waals surface area contributed by atoms with Crippen LogP contribution in [-0.2, 0) is 14.4 Å². The van der Waals surface area contributed by atoms with Crippen molar-refractivity contribution in [1.82, 2.24) is 0 Å². The molecule has 18 heavy (non-hydrogen) atoms. The van der Waals surface area contributed by atoms with Crippen LogP contribution in [0.2, 0.25) is 0 Å². The first-order valence-electron chi connectivity index (χ1n) is 5.77. The molecule has 0 radical (unpaired) electrons. The van der Waals surface area contributed by atoms with Crippen LogP contribution in [0.25, 0.3) is 0 Å². The number of carboxylic acids is 2. The maximum Gasteiger partial charge on any atom is 0.318 e. The predicted molar refractivity (Wildman–Crippen MR) is 66.2 cm³/mol. The van der Waals surface area contributed by atoms with Crippen molar-refractivity contribution in [3.05, 3.63) is 0 Å². The number of Topliss-reactive ketones (excluding diaryl/α,β-unsaturated/α-hetero) is 1. The van der Waals surface area contributed by atoms with Crippen LogP contribution in [0.5, 0.6) is 0 Å². The molecule has 0 unspecified atom stereocenters. The number of aliphatic carboxylic acids is 2. The summed E-state index contributed by atoms with van der Waals surface area (Å²) in [6.07, 6.45) is -0.777. The van der Waals surface area contributed by atoms with Crippen LogP contribution in [-0.4, -0.2) is 27.9 Å². The van der Waals surface area contributed by atoms with Crippen molar-refractivity contribution >= 4 is 17.7 Å². The predicted octanol–water partition coefficient (Wildman–Crippen LogP) is 2.19. The maximum atomic E-state index is 12.2. The molecule has 0 spiro atoms. The zero-order valence-corrected chi connectivity index (χ0v) is 11.8. The van der Waals surface area contributed by atoms with Crippen LogP contribution in [0.15, 0.2) is 0 Å². The molecule has 0 atom stereocenters. The maximum absolute atomic E-state index is 12.2. The molecule has 0 rings (SSSR count). The first kappa shape index (κ1) is 16.6. The number of hydrogen-bond donors (Lipinski definition) is 2. The Morgan fingerprint density at radius 1 is 0.833 bits per heavy atom. The van der Waals surface area contributed by atoms with Gasteiger partial charge < -0.3 is 10.2 Å². The first-order valence-corrected chi connectivity index (χ1v) is 5.77. The van der Waals surface area contributed by atoms with Crippen LogP contribution in [0.4, 0.5) is 0 Å². The van der Waals surface area contributed by atoms with Crippen molar-refractivity contribution in [1.29, 1.82) is 0 Å². The molecule has 0 aliphatic carbocycles. The van der Waals surface area contributed by atoms with Gasteiger partial charge in [0.2, 0.25) is 0 Å². The number of carbonyl (C=O) groups excluding carboxylic acids is 1. The molecule has 2 N–H and O–H groups in total. The van der Waals surface area contributed by atoms with Gasteiger partial charge in [-0.1, -0.05) is 41.5 Å². The Labute approximate surface area is 107 Å². The molecular formula is C13H22O5.